The first kappa shape index (κ1) is 21.4. The topological polar surface area (TPSA) is 40.5 Å². The van der Waals surface area contributed by atoms with Gasteiger partial charge in [0.05, 0.1) is 5.56 Å². The summed E-state index contributed by atoms with van der Waals surface area (Å²) in [5, 5.41) is 11.5. The molecule has 2 atom stereocenters. The molecule has 0 spiro atoms. The van der Waals surface area contributed by atoms with E-state index >= 15 is 0 Å². The van der Waals surface area contributed by atoms with Crippen LogP contribution in [0, 0.1) is 5.92 Å². The van der Waals surface area contributed by atoms with Crippen LogP contribution in [0.3, 0.4) is 0 Å². The highest BCUT2D eigenvalue weighted by Gasteiger charge is 2.33. The molecule has 3 nitrogen and oxygen atoms in total. The van der Waals surface area contributed by atoms with Gasteiger partial charge in [-0.1, -0.05) is 48.5 Å². The quantitative estimate of drug-likeness (QED) is 0.520. The first-order valence-electron chi connectivity index (χ1n) is 10.4. The van der Waals surface area contributed by atoms with Crippen molar-refractivity contribution in [2.24, 2.45) is 5.92 Å². The van der Waals surface area contributed by atoms with Crippen molar-refractivity contribution < 1.29 is 23.1 Å². The summed E-state index contributed by atoms with van der Waals surface area (Å²) in [6.45, 7) is 1.37. The highest BCUT2D eigenvalue weighted by molar-refractivity contribution is 5.82. The molecule has 0 unspecified atom stereocenters. The van der Waals surface area contributed by atoms with Gasteiger partial charge in [0.25, 0.3) is 0 Å². The fraction of sp³-hybridized carbons (Fsp3) is 0.320. The molecule has 1 saturated heterocycles. The van der Waals surface area contributed by atoms with Crippen molar-refractivity contribution in [3.63, 3.8) is 0 Å². The van der Waals surface area contributed by atoms with E-state index in [2.05, 4.69) is 35.2 Å². The summed E-state index contributed by atoms with van der Waals surface area (Å²) in [5.41, 5.74) is 1.26. The van der Waals surface area contributed by atoms with Gasteiger partial charge in [-0.3, -0.25) is 9.69 Å². The Morgan fingerprint density at radius 3 is 2.39 bits per heavy atom. The van der Waals surface area contributed by atoms with Gasteiger partial charge in [0, 0.05) is 19.0 Å². The number of piperidine rings is 1. The minimum atomic E-state index is -4.37. The molecule has 1 aliphatic rings. The number of rotatable bonds is 5. The van der Waals surface area contributed by atoms with Crippen molar-refractivity contribution in [3.8, 4) is 0 Å². The predicted molar refractivity (Wildman–Crippen MR) is 114 cm³/mol. The van der Waals surface area contributed by atoms with Gasteiger partial charge in [0.15, 0.2) is 0 Å². The van der Waals surface area contributed by atoms with Crippen LogP contribution in [0.5, 0.6) is 0 Å². The van der Waals surface area contributed by atoms with Gasteiger partial charge in [0.1, 0.15) is 0 Å². The molecular formula is C25H24F3NO2. The maximum absolute atomic E-state index is 13.0. The highest BCUT2D eigenvalue weighted by atomic mass is 19.4. The Hall–Kier alpha value is -2.86. The zero-order valence-corrected chi connectivity index (χ0v) is 17.0. The first-order chi connectivity index (χ1) is 14.8. The average Bonchev–Trinajstić information content (AvgIpc) is 2.74. The van der Waals surface area contributed by atoms with Crippen LogP contribution < -0.4 is 0 Å². The number of carboxylic acid groups (broad SMARTS) is 1. The molecule has 0 amide bonds. The minimum absolute atomic E-state index is 0.0117. The molecule has 4 rings (SSSR count). The fourth-order valence-electron chi connectivity index (χ4n) is 4.52. The number of carboxylic acids is 1. The minimum Gasteiger partial charge on any atom is -0.481 e. The smallest absolute Gasteiger partial charge is 0.416 e. The van der Waals surface area contributed by atoms with E-state index in [1.54, 1.807) is 0 Å². The SMILES string of the molecule is O=C(O)C[C@H]1CCN(Cc2ccc3ccccc3c2)[C@@H](c2ccc(C(F)(F)F)cc2)C1. The van der Waals surface area contributed by atoms with Crippen molar-refractivity contribution >= 4 is 16.7 Å². The van der Waals surface area contributed by atoms with E-state index in [0.717, 1.165) is 40.5 Å². The van der Waals surface area contributed by atoms with E-state index in [1.807, 2.05) is 12.1 Å². The molecule has 1 heterocycles. The van der Waals surface area contributed by atoms with Crippen LogP contribution in [-0.4, -0.2) is 22.5 Å². The third-order valence-corrected chi connectivity index (χ3v) is 6.11. The number of hydrogen-bond donors (Lipinski definition) is 1. The van der Waals surface area contributed by atoms with Crippen LogP contribution in [0.25, 0.3) is 10.8 Å². The molecule has 162 valence electrons. The zero-order chi connectivity index (χ0) is 22.0. The molecule has 0 aromatic heterocycles. The Balaban J connectivity index is 1.60. The summed E-state index contributed by atoms with van der Waals surface area (Å²) in [5.74, 6) is -0.822. The van der Waals surface area contributed by atoms with Crippen LogP contribution in [0.1, 0.15) is 42.0 Å². The van der Waals surface area contributed by atoms with E-state index in [0.29, 0.717) is 19.5 Å². The number of fused-ring (bicyclic) bond motifs is 1. The molecule has 0 aliphatic carbocycles. The third kappa shape index (κ3) is 5.07. The Labute approximate surface area is 179 Å². The Kier molecular flexibility index (Phi) is 6.01. The predicted octanol–water partition coefficient (Wildman–Crippen LogP) is 6.29. The van der Waals surface area contributed by atoms with Gasteiger partial charge in [-0.05, 0) is 65.4 Å². The van der Waals surface area contributed by atoms with Gasteiger partial charge in [0.2, 0.25) is 0 Å². The van der Waals surface area contributed by atoms with Gasteiger partial charge in [-0.25, -0.2) is 0 Å². The molecule has 3 aromatic rings. The number of alkyl halides is 3. The molecule has 0 radical (unpaired) electrons. The molecule has 0 saturated carbocycles. The highest BCUT2D eigenvalue weighted by Crippen LogP contribution is 2.38. The molecule has 1 fully saturated rings. The molecule has 1 aliphatic heterocycles. The van der Waals surface area contributed by atoms with Crippen LogP contribution in [0.15, 0.2) is 66.7 Å². The largest absolute Gasteiger partial charge is 0.481 e. The van der Waals surface area contributed by atoms with Crippen LogP contribution in [0.4, 0.5) is 13.2 Å². The Morgan fingerprint density at radius 2 is 1.71 bits per heavy atom. The number of halogens is 3. The second-order valence-electron chi connectivity index (χ2n) is 8.28. The second kappa shape index (κ2) is 8.71. The number of benzene rings is 3. The summed E-state index contributed by atoms with van der Waals surface area (Å²) in [4.78, 5) is 13.5. The van der Waals surface area contributed by atoms with Gasteiger partial charge in [-0.15, -0.1) is 0 Å². The van der Waals surface area contributed by atoms with Gasteiger partial charge < -0.3 is 5.11 Å². The standard InChI is InChI=1S/C25H24F3NO2/c26-25(27,28)22-9-7-20(8-10-22)23-14-17(15-24(30)31)11-12-29(23)16-18-5-6-19-3-1-2-4-21(19)13-18/h1-10,13,17,23H,11-12,14-16H2,(H,30,31)/t17-,23+/m0/s1. The molecular weight excluding hydrogens is 403 g/mol. The van der Waals surface area contributed by atoms with Crippen molar-refractivity contribution in [1.29, 1.82) is 0 Å². The lowest BCUT2D eigenvalue weighted by atomic mass is 9.84. The van der Waals surface area contributed by atoms with E-state index in [4.69, 9.17) is 0 Å². The Bertz CT molecular complexity index is 1060. The summed E-state index contributed by atoms with van der Waals surface area (Å²) in [6, 6.07) is 19.6. The van der Waals surface area contributed by atoms with E-state index in [9.17, 15) is 23.1 Å². The van der Waals surface area contributed by atoms with Crippen molar-refractivity contribution in [1.82, 2.24) is 4.90 Å². The maximum atomic E-state index is 13.0. The summed E-state index contributed by atoms with van der Waals surface area (Å²) >= 11 is 0. The van der Waals surface area contributed by atoms with Crippen LogP contribution in [0.2, 0.25) is 0 Å². The summed E-state index contributed by atoms with van der Waals surface area (Å²) in [6.07, 6.45) is -2.91. The maximum Gasteiger partial charge on any atom is 0.416 e. The van der Waals surface area contributed by atoms with Crippen molar-refractivity contribution in [2.75, 3.05) is 6.54 Å². The lowest BCUT2D eigenvalue weighted by Crippen LogP contribution is -2.37. The molecule has 0 bridgehead atoms. The molecule has 3 aromatic carbocycles. The van der Waals surface area contributed by atoms with Crippen molar-refractivity contribution in [2.45, 2.75) is 38.0 Å². The number of aliphatic carboxylic acids is 1. The summed E-state index contributed by atoms with van der Waals surface area (Å²) in [7, 11) is 0. The number of hydrogen-bond acceptors (Lipinski definition) is 2. The second-order valence-corrected chi connectivity index (χ2v) is 8.28. The molecule has 6 heteroatoms. The summed E-state index contributed by atoms with van der Waals surface area (Å²) < 4.78 is 39.0. The molecule has 31 heavy (non-hydrogen) atoms. The first-order valence-corrected chi connectivity index (χ1v) is 10.4. The zero-order valence-electron chi connectivity index (χ0n) is 17.0. The number of carbonyl (C=O) groups is 1. The average molecular weight is 427 g/mol. The van der Waals surface area contributed by atoms with Gasteiger partial charge >= 0.3 is 12.1 Å². The van der Waals surface area contributed by atoms with Crippen LogP contribution in [-0.2, 0) is 17.5 Å². The van der Waals surface area contributed by atoms with Crippen LogP contribution >= 0.6 is 0 Å². The molecule has 1 N–H and O–H groups in total. The monoisotopic (exact) mass is 427 g/mol. The van der Waals surface area contributed by atoms with Crippen molar-refractivity contribution in [3.05, 3.63) is 83.4 Å². The number of likely N-dealkylation sites (tertiary alicyclic amines) is 1. The fourth-order valence-corrected chi connectivity index (χ4v) is 4.52. The Morgan fingerprint density at radius 1 is 1.00 bits per heavy atom. The normalized spacial score (nSPS) is 20.1. The number of nitrogens with zero attached hydrogens (tertiary/aromatic N) is 1. The van der Waals surface area contributed by atoms with E-state index in [1.165, 1.54) is 12.1 Å². The lowest BCUT2D eigenvalue weighted by molar-refractivity contribution is -0.139. The lowest BCUT2D eigenvalue weighted by Gasteiger charge is -2.39. The van der Waals surface area contributed by atoms with E-state index < -0.39 is 17.7 Å². The third-order valence-electron chi connectivity index (χ3n) is 6.11. The van der Waals surface area contributed by atoms with Gasteiger partial charge in [-0.2, -0.15) is 13.2 Å². The van der Waals surface area contributed by atoms with E-state index in [-0.39, 0.29) is 18.4 Å².